The van der Waals surface area contributed by atoms with Crippen LogP contribution in [0.2, 0.25) is 5.02 Å². The second-order valence-corrected chi connectivity index (χ2v) is 9.84. The Morgan fingerprint density at radius 2 is 1.56 bits per heavy atom. The molecule has 39 heavy (non-hydrogen) atoms. The van der Waals surface area contributed by atoms with E-state index in [4.69, 9.17) is 21.3 Å². The van der Waals surface area contributed by atoms with Crippen molar-refractivity contribution >= 4 is 29.3 Å². The van der Waals surface area contributed by atoms with Crippen LogP contribution < -0.4 is 5.32 Å². The summed E-state index contributed by atoms with van der Waals surface area (Å²) in [6.45, 7) is 0.0951. The number of alkyl carbamates (subject to hydrolysis) is 1. The lowest BCUT2D eigenvalue weighted by atomic mass is 9.98. The number of hydrogen-bond acceptors (Lipinski definition) is 4. The molecule has 2 N–H and O–H groups in total. The predicted molar refractivity (Wildman–Crippen MR) is 149 cm³/mol. The first-order valence-corrected chi connectivity index (χ1v) is 12.9. The van der Waals surface area contributed by atoms with Crippen LogP contribution in [-0.2, 0) is 16.0 Å². The zero-order valence-corrected chi connectivity index (χ0v) is 21.5. The molecule has 194 valence electrons. The number of rotatable bonds is 7. The molecule has 5 aromatic rings. The van der Waals surface area contributed by atoms with Gasteiger partial charge in [0.2, 0.25) is 0 Å². The number of halogens is 1. The van der Waals surface area contributed by atoms with E-state index in [0.717, 1.165) is 27.8 Å². The van der Waals surface area contributed by atoms with Crippen molar-refractivity contribution < 1.29 is 19.4 Å². The van der Waals surface area contributed by atoms with E-state index in [-0.39, 0.29) is 18.9 Å². The lowest BCUT2D eigenvalue weighted by Gasteiger charge is -2.18. The van der Waals surface area contributed by atoms with Gasteiger partial charge in [-0.05, 0) is 46.5 Å². The van der Waals surface area contributed by atoms with Crippen LogP contribution >= 0.6 is 11.6 Å². The molecule has 7 nitrogen and oxygen atoms in total. The molecule has 0 radical (unpaired) electrons. The number of imidazole rings is 1. The fourth-order valence-electron chi connectivity index (χ4n) is 5.26. The van der Waals surface area contributed by atoms with Crippen molar-refractivity contribution in [1.82, 2.24) is 14.7 Å². The average molecular weight is 538 g/mol. The molecule has 1 amide bonds. The first-order chi connectivity index (χ1) is 19.0. The number of pyridine rings is 1. The van der Waals surface area contributed by atoms with Gasteiger partial charge in [-0.15, -0.1) is 0 Å². The van der Waals surface area contributed by atoms with Gasteiger partial charge in [0, 0.05) is 29.1 Å². The molecule has 3 aromatic carbocycles. The molecule has 8 heteroatoms. The molecule has 2 aromatic heterocycles. The Kier molecular flexibility index (Phi) is 6.50. The third-order valence-electron chi connectivity index (χ3n) is 7.08. The monoisotopic (exact) mass is 537 g/mol. The summed E-state index contributed by atoms with van der Waals surface area (Å²) >= 11 is 6.07. The highest BCUT2D eigenvalue weighted by Crippen LogP contribution is 2.44. The van der Waals surface area contributed by atoms with E-state index in [0.29, 0.717) is 22.1 Å². The number of aliphatic carboxylic acids is 1. The highest BCUT2D eigenvalue weighted by molar-refractivity contribution is 6.30. The second kappa shape index (κ2) is 10.3. The van der Waals surface area contributed by atoms with Gasteiger partial charge >= 0.3 is 12.1 Å². The van der Waals surface area contributed by atoms with Gasteiger partial charge in [0.1, 0.15) is 18.3 Å². The molecule has 2 heterocycles. The van der Waals surface area contributed by atoms with Gasteiger partial charge in [-0.2, -0.15) is 0 Å². The number of carbonyl (C=O) groups excluding carboxylic acids is 1. The molecule has 0 aliphatic heterocycles. The fourth-order valence-corrected chi connectivity index (χ4v) is 5.38. The van der Waals surface area contributed by atoms with E-state index in [1.165, 1.54) is 0 Å². The number of nitrogens with one attached hydrogen (secondary N) is 1. The van der Waals surface area contributed by atoms with Gasteiger partial charge in [0.15, 0.2) is 0 Å². The van der Waals surface area contributed by atoms with Gasteiger partial charge in [-0.25, -0.2) is 14.6 Å². The quantitative estimate of drug-likeness (QED) is 0.258. The molecule has 0 saturated carbocycles. The molecule has 1 atom stereocenters. The van der Waals surface area contributed by atoms with Crippen molar-refractivity contribution in [3.8, 4) is 22.4 Å². The molecule has 1 unspecified atom stereocenters. The summed E-state index contributed by atoms with van der Waals surface area (Å²) in [5.41, 5.74) is 7.14. The number of amides is 1. The minimum atomic E-state index is -1.23. The Labute approximate surface area is 229 Å². The van der Waals surface area contributed by atoms with Crippen LogP contribution in [0, 0.1) is 0 Å². The summed E-state index contributed by atoms with van der Waals surface area (Å²) in [5.74, 6) is -1.29. The number of carboxylic acids is 1. The van der Waals surface area contributed by atoms with Gasteiger partial charge in [-0.1, -0.05) is 78.3 Å². The van der Waals surface area contributed by atoms with Crippen LogP contribution in [-0.4, -0.2) is 39.2 Å². The van der Waals surface area contributed by atoms with E-state index in [2.05, 4.69) is 17.4 Å². The molecule has 0 fully saturated rings. The minimum Gasteiger partial charge on any atom is -0.480 e. The molecular formula is C31H24ClN3O4. The van der Waals surface area contributed by atoms with E-state index >= 15 is 0 Å². The number of hydrogen-bond donors (Lipinski definition) is 2. The highest BCUT2D eigenvalue weighted by Gasteiger charge is 2.30. The summed E-state index contributed by atoms with van der Waals surface area (Å²) in [4.78, 5) is 29.9. The fraction of sp³-hybridized carbons (Fsp3) is 0.129. The van der Waals surface area contributed by atoms with Crippen molar-refractivity contribution in [2.75, 3.05) is 6.61 Å². The largest absolute Gasteiger partial charge is 0.480 e. The van der Waals surface area contributed by atoms with Crippen molar-refractivity contribution in [3.05, 3.63) is 119 Å². The summed E-state index contributed by atoms with van der Waals surface area (Å²) < 4.78 is 7.44. The second-order valence-electron chi connectivity index (χ2n) is 9.41. The maximum Gasteiger partial charge on any atom is 0.407 e. The third-order valence-corrected chi connectivity index (χ3v) is 7.33. The summed E-state index contributed by atoms with van der Waals surface area (Å²) in [7, 11) is 0. The lowest BCUT2D eigenvalue weighted by Crippen LogP contribution is -2.43. The zero-order chi connectivity index (χ0) is 26.9. The maximum absolute atomic E-state index is 12.9. The van der Waals surface area contributed by atoms with E-state index < -0.39 is 18.1 Å². The predicted octanol–water partition coefficient (Wildman–Crippen LogP) is 6.19. The zero-order valence-electron chi connectivity index (χ0n) is 20.8. The molecule has 6 rings (SSSR count). The van der Waals surface area contributed by atoms with Gasteiger partial charge in [0.25, 0.3) is 0 Å². The summed E-state index contributed by atoms with van der Waals surface area (Å²) in [6.07, 6.45) is 1.04. The van der Waals surface area contributed by atoms with Gasteiger partial charge in [0.05, 0.1) is 11.4 Å². The summed E-state index contributed by atoms with van der Waals surface area (Å²) in [5, 5.41) is 13.2. The van der Waals surface area contributed by atoms with Gasteiger partial charge < -0.3 is 19.6 Å². The van der Waals surface area contributed by atoms with Gasteiger partial charge in [-0.3, -0.25) is 0 Å². The van der Waals surface area contributed by atoms with Crippen molar-refractivity contribution in [2.45, 2.75) is 18.4 Å². The number of ether oxygens (including phenoxy) is 1. The molecule has 0 bridgehead atoms. The van der Waals surface area contributed by atoms with Crippen LogP contribution in [0.1, 0.15) is 22.7 Å². The minimum absolute atomic E-state index is 0.00265. The smallest absolute Gasteiger partial charge is 0.407 e. The topological polar surface area (TPSA) is 92.9 Å². The van der Waals surface area contributed by atoms with Crippen molar-refractivity contribution in [3.63, 3.8) is 0 Å². The molecular weight excluding hydrogens is 514 g/mol. The number of nitrogens with zero attached hydrogens (tertiary/aromatic N) is 2. The number of carboxylic acid groups (broad SMARTS) is 1. The summed E-state index contributed by atoms with van der Waals surface area (Å²) in [6, 6.07) is 27.6. The third kappa shape index (κ3) is 4.73. The van der Waals surface area contributed by atoms with Crippen LogP contribution in [0.5, 0.6) is 0 Å². The average Bonchev–Trinajstić information content (AvgIpc) is 3.47. The van der Waals surface area contributed by atoms with Crippen LogP contribution in [0.25, 0.3) is 28.0 Å². The van der Waals surface area contributed by atoms with Crippen LogP contribution in [0.4, 0.5) is 4.79 Å². The highest BCUT2D eigenvalue weighted by atomic mass is 35.5. The number of benzene rings is 3. The van der Waals surface area contributed by atoms with Crippen molar-refractivity contribution in [1.29, 1.82) is 0 Å². The van der Waals surface area contributed by atoms with E-state index in [1.807, 2.05) is 77.3 Å². The van der Waals surface area contributed by atoms with Crippen LogP contribution in [0.15, 0.2) is 97.2 Å². The first kappa shape index (κ1) is 24.7. The van der Waals surface area contributed by atoms with Crippen LogP contribution in [0.3, 0.4) is 0 Å². The Balaban J connectivity index is 1.22. The Bertz CT molecular complexity index is 1650. The molecule has 1 aliphatic carbocycles. The van der Waals surface area contributed by atoms with E-state index in [1.54, 1.807) is 12.1 Å². The molecule has 0 saturated heterocycles. The number of aromatic nitrogens is 2. The first-order valence-electron chi connectivity index (χ1n) is 12.6. The number of carbonyl (C=O) groups is 2. The maximum atomic E-state index is 12.9. The normalized spacial score (nSPS) is 13.1. The molecule has 0 spiro atoms. The Morgan fingerprint density at radius 3 is 2.23 bits per heavy atom. The number of fused-ring (bicyclic) bond motifs is 4. The lowest BCUT2D eigenvalue weighted by molar-refractivity contribution is -0.139. The molecule has 1 aliphatic rings. The SMILES string of the molecule is O=C(NC(Cc1c(-c2ccc(Cl)cc2)nc2ccccn12)C(=O)O)OCC1c2ccccc2-c2ccccc21. The van der Waals surface area contributed by atoms with E-state index in [9.17, 15) is 14.7 Å². The standard InChI is InChI=1S/C31H24ClN3O4/c32-20-14-12-19(13-15-20)29-27(35-16-6-5-11-28(35)34-29)17-26(30(36)37)33-31(38)39-18-25-23-9-3-1-7-21(23)22-8-2-4-10-24(22)25/h1-16,25-26H,17-18H2,(H,33,38)(H,36,37). The van der Waals surface area contributed by atoms with Crippen molar-refractivity contribution in [2.24, 2.45) is 0 Å². The Hall–Kier alpha value is -4.62. The Morgan fingerprint density at radius 1 is 0.923 bits per heavy atom.